The fraction of sp³-hybridized carbons (Fsp3) is 0.556. The second kappa shape index (κ2) is 6.19. The Morgan fingerprint density at radius 1 is 1.27 bits per heavy atom. The highest BCUT2D eigenvalue weighted by Gasteiger charge is 2.35. The summed E-state index contributed by atoms with van der Waals surface area (Å²) in [6, 6.07) is 1.22. The van der Waals surface area contributed by atoms with Crippen molar-refractivity contribution in [2.45, 2.75) is 25.8 Å². The van der Waals surface area contributed by atoms with E-state index in [1.165, 1.54) is 6.07 Å². The topological polar surface area (TPSA) is 84.1 Å². The normalized spacial score (nSPS) is 23.2. The number of hydrogen-bond acceptors (Lipinski definition) is 4. The molecule has 8 heteroatoms. The van der Waals surface area contributed by atoms with E-state index in [1.807, 2.05) is 0 Å². The maximum atomic E-state index is 14.9. The van der Waals surface area contributed by atoms with Crippen molar-refractivity contribution in [3.05, 3.63) is 38.3 Å². The maximum Gasteiger partial charge on any atom is 0.329 e. The molecule has 1 aliphatic heterocycles. The smallest absolute Gasteiger partial charge is 0.329 e. The van der Waals surface area contributed by atoms with Gasteiger partial charge >= 0.3 is 5.69 Å². The molecule has 1 aliphatic carbocycles. The molecule has 6 nitrogen and oxygen atoms in total. The van der Waals surface area contributed by atoms with Gasteiger partial charge < -0.3 is 10.6 Å². The van der Waals surface area contributed by atoms with Gasteiger partial charge in [-0.05, 0) is 38.3 Å². The molecular formula is C18H22F2N4O2. The van der Waals surface area contributed by atoms with Gasteiger partial charge in [-0.1, -0.05) is 0 Å². The number of nitrogens with zero attached hydrogens (tertiary/aromatic N) is 2. The van der Waals surface area contributed by atoms with Crippen LogP contribution in [-0.4, -0.2) is 35.9 Å². The van der Waals surface area contributed by atoms with E-state index in [9.17, 15) is 18.4 Å². The number of aromatic nitrogens is 2. The monoisotopic (exact) mass is 364 g/mol. The number of aromatic amines is 1. The Morgan fingerprint density at radius 3 is 2.54 bits per heavy atom. The summed E-state index contributed by atoms with van der Waals surface area (Å²) < 4.78 is 29.8. The molecule has 2 aromatic rings. The van der Waals surface area contributed by atoms with Gasteiger partial charge in [0.2, 0.25) is 0 Å². The first-order valence-electron chi connectivity index (χ1n) is 8.94. The van der Waals surface area contributed by atoms with E-state index in [1.54, 1.807) is 16.4 Å². The van der Waals surface area contributed by atoms with Gasteiger partial charge in [0, 0.05) is 30.6 Å². The molecule has 1 aromatic heterocycles. The fourth-order valence-electron chi connectivity index (χ4n) is 4.20. The van der Waals surface area contributed by atoms with Crippen LogP contribution in [0.1, 0.15) is 24.4 Å². The Labute approximate surface area is 148 Å². The Kier molecular flexibility index (Phi) is 4.10. The quantitative estimate of drug-likeness (QED) is 0.860. The lowest BCUT2D eigenvalue weighted by Gasteiger charge is -2.24. The van der Waals surface area contributed by atoms with Crippen LogP contribution in [0.25, 0.3) is 10.9 Å². The number of aryl methyl sites for hydroxylation is 1. The van der Waals surface area contributed by atoms with Crippen LogP contribution in [0.3, 0.4) is 0 Å². The molecule has 1 saturated heterocycles. The van der Waals surface area contributed by atoms with Crippen LogP contribution >= 0.6 is 0 Å². The molecule has 2 fully saturated rings. The summed E-state index contributed by atoms with van der Waals surface area (Å²) >= 11 is 0. The number of rotatable bonds is 4. The first kappa shape index (κ1) is 17.2. The van der Waals surface area contributed by atoms with Gasteiger partial charge in [0.05, 0.1) is 23.3 Å². The van der Waals surface area contributed by atoms with Crippen molar-refractivity contribution in [2.24, 2.45) is 17.6 Å². The highest BCUT2D eigenvalue weighted by molar-refractivity contribution is 5.87. The molecule has 26 heavy (non-hydrogen) atoms. The van der Waals surface area contributed by atoms with Crippen LogP contribution in [0.2, 0.25) is 0 Å². The van der Waals surface area contributed by atoms with E-state index >= 15 is 0 Å². The van der Waals surface area contributed by atoms with Crippen molar-refractivity contribution in [1.29, 1.82) is 0 Å². The van der Waals surface area contributed by atoms with Gasteiger partial charge in [0.1, 0.15) is 5.82 Å². The Morgan fingerprint density at radius 2 is 1.96 bits per heavy atom. The highest BCUT2D eigenvalue weighted by Crippen LogP contribution is 2.39. The number of hydrogen-bond donors (Lipinski definition) is 2. The summed E-state index contributed by atoms with van der Waals surface area (Å²) in [6.07, 6.45) is 1.71. The highest BCUT2D eigenvalue weighted by atomic mass is 19.1. The van der Waals surface area contributed by atoms with Crippen molar-refractivity contribution < 1.29 is 8.78 Å². The standard InChI is InChI=1S/C18H22F2N4O2/c1-9-15-13(17(25)22-18(26)24(15)12-2-3-12)4-14(20)16(9)23-7-10(5-19)11(6-21)8-23/h4,10-12H,2-3,5-8,21H2,1H3,(H,22,25,26). The zero-order valence-electron chi connectivity index (χ0n) is 14.6. The first-order valence-corrected chi connectivity index (χ1v) is 8.94. The van der Waals surface area contributed by atoms with Crippen LogP contribution < -0.4 is 21.9 Å². The molecular weight excluding hydrogens is 342 g/mol. The zero-order chi connectivity index (χ0) is 18.6. The van der Waals surface area contributed by atoms with Crippen LogP contribution in [0, 0.1) is 24.6 Å². The number of benzene rings is 1. The summed E-state index contributed by atoms with van der Waals surface area (Å²) in [5.74, 6) is -0.810. The van der Waals surface area contributed by atoms with Crippen LogP contribution in [0.4, 0.5) is 14.5 Å². The third-order valence-corrected chi connectivity index (χ3v) is 5.69. The number of fused-ring (bicyclic) bond motifs is 1. The minimum absolute atomic E-state index is 0.0350. The largest absolute Gasteiger partial charge is 0.368 e. The van der Waals surface area contributed by atoms with E-state index in [-0.39, 0.29) is 23.3 Å². The molecule has 2 atom stereocenters. The Bertz CT molecular complexity index is 968. The van der Waals surface area contributed by atoms with Crippen LogP contribution in [0.5, 0.6) is 0 Å². The van der Waals surface area contributed by atoms with Gasteiger partial charge in [-0.2, -0.15) is 0 Å². The molecule has 2 heterocycles. The van der Waals surface area contributed by atoms with E-state index < -0.39 is 23.7 Å². The predicted octanol–water partition coefficient (Wildman–Crippen LogP) is 1.45. The lowest BCUT2D eigenvalue weighted by atomic mass is 9.98. The summed E-state index contributed by atoms with van der Waals surface area (Å²) in [5.41, 5.74) is 6.05. The number of halogens is 2. The molecule has 2 unspecified atom stereocenters. The third kappa shape index (κ3) is 2.55. The molecule has 0 spiro atoms. The second-order valence-corrected chi connectivity index (χ2v) is 7.40. The van der Waals surface area contributed by atoms with Crippen molar-refractivity contribution in [3.8, 4) is 0 Å². The minimum atomic E-state index is -0.585. The molecule has 3 N–H and O–H groups in total. The molecule has 140 valence electrons. The van der Waals surface area contributed by atoms with Gasteiger partial charge in [-0.25, -0.2) is 9.18 Å². The van der Waals surface area contributed by atoms with Gasteiger partial charge in [0.25, 0.3) is 5.56 Å². The predicted molar refractivity (Wildman–Crippen MR) is 96.0 cm³/mol. The minimum Gasteiger partial charge on any atom is -0.368 e. The van der Waals surface area contributed by atoms with Gasteiger partial charge in [-0.15, -0.1) is 0 Å². The molecule has 0 amide bonds. The maximum absolute atomic E-state index is 14.9. The average molecular weight is 364 g/mol. The van der Waals surface area contributed by atoms with E-state index in [4.69, 9.17) is 5.73 Å². The van der Waals surface area contributed by atoms with Crippen molar-refractivity contribution >= 4 is 16.6 Å². The average Bonchev–Trinajstić information content (AvgIpc) is 3.35. The lowest BCUT2D eigenvalue weighted by molar-refractivity contribution is 0.319. The van der Waals surface area contributed by atoms with Crippen molar-refractivity contribution in [3.63, 3.8) is 0 Å². The number of alkyl halides is 1. The molecule has 0 bridgehead atoms. The Balaban J connectivity index is 1.93. The fourth-order valence-corrected chi connectivity index (χ4v) is 4.20. The molecule has 0 radical (unpaired) electrons. The first-order chi connectivity index (χ1) is 12.5. The summed E-state index contributed by atoms with van der Waals surface area (Å²) in [7, 11) is 0. The number of nitrogens with two attached hydrogens (primary N) is 1. The summed E-state index contributed by atoms with van der Waals surface area (Å²) in [5, 5.41) is 0.173. The number of nitrogens with one attached hydrogen (secondary N) is 1. The lowest BCUT2D eigenvalue weighted by Crippen LogP contribution is -2.31. The van der Waals surface area contributed by atoms with Gasteiger partial charge in [-0.3, -0.25) is 18.7 Å². The Hall–Kier alpha value is -2.22. The van der Waals surface area contributed by atoms with Crippen molar-refractivity contribution in [1.82, 2.24) is 9.55 Å². The molecule has 1 saturated carbocycles. The molecule has 2 aliphatic rings. The van der Waals surface area contributed by atoms with E-state index in [0.717, 1.165) is 12.8 Å². The van der Waals surface area contributed by atoms with Crippen molar-refractivity contribution in [2.75, 3.05) is 31.2 Å². The van der Waals surface area contributed by atoms with Crippen LogP contribution in [-0.2, 0) is 0 Å². The van der Waals surface area contributed by atoms with E-state index in [2.05, 4.69) is 4.98 Å². The third-order valence-electron chi connectivity index (χ3n) is 5.69. The van der Waals surface area contributed by atoms with E-state index in [0.29, 0.717) is 36.4 Å². The molecule has 4 rings (SSSR count). The second-order valence-electron chi connectivity index (χ2n) is 7.40. The van der Waals surface area contributed by atoms with Gasteiger partial charge in [0.15, 0.2) is 0 Å². The molecule has 1 aromatic carbocycles. The zero-order valence-corrected chi connectivity index (χ0v) is 14.6. The van der Waals surface area contributed by atoms with Crippen LogP contribution in [0.15, 0.2) is 15.7 Å². The number of anilines is 1. The summed E-state index contributed by atoms with van der Waals surface area (Å²) in [6.45, 7) is 2.40. The SMILES string of the molecule is Cc1c(N2CC(CN)C(CF)C2)c(F)cc2c(=O)[nH]c(=O)n(C3CC3)c12. The summed E-state index contributed by atoms with van der Waals surface area (Å²) in [4.78, 5) is 28.6. The number of H-pyrrole nitrogens is 1.